The maximum atomic E-state index is 12.0. The zero-order valence-electron chi connectivity index (χ0n) is 11.2. The van der Waals surface area contributed by atoms with E-state index in [1.165, 1.54) is 0 Å². The molecule has 1 aliphatic rings. The highest BCUT2D eigenvalue weighted by Crippen LogP contribution is 2.10. The second-order valence-electron chi connectivity index (χ2n) is 4.93. The predicted molar refractivity (Wildman–Crippen MR) is 75.1 cm³/mol. The zero-order valence-corrected chi connectivity index (χ0v) is 11.2. The summed E-state index contributed by atoms with van der Waals surface area (Å²) in [6, 6.07) is 9.63. The van der Waals surface area contributed by atoms with E-state index in [2.05, 4.69) is 10.6 Å². The monoisotopic (exact) mass is 263 g/mol. The van der Waals surface area contributed by atoms with Gasteiger partial charge in [0, 0.05) is 19.3 Å². The summed E-state index contributed by atoms with van der Waals surface area (Å²) in [6.45, 7) is 1.66. The molecule has 1 aromatic carbocycles. The molecule has 2 atom stereocenters. The maximum absolute atomic E-state index is 12.0. The largest absolute Gasteiger partial charge is 0.390 e. The number of aliphatic hydroxyl groups is 1. The summed E-state index contributed by atoms with van der Waals surface area (Å²) in [4.78, 5) is 13.8. The number of aliphatic hydroxyl groups excluding tert-OH is 1. The van der Waals surface area contributed by atoms with E-state index in [-0.39, 0.29) is 11.9 Å². The second-order valence-corrected chi connectivity index (χ2v) is 4.93. The third-order valence-corrected chi connectivity index (χ3v) is 3.37. The topological polar surface area (TPSA) is 64.6 Å². The molecule has 104 valence electrons. The summed E-state index contributed by atoms with van der Waals surface area (Å²) in [5.74, 6) is -0.0581. The first-order chi connectivity index (χ1) is 9.16. The Kier molecular flexibility index (Phi) is 4.76. The smallest absolute Gasteiger partial charge is 0.239 e. The summed E-state index contributed by atoms with van der Waals surface area (Å²) < 4.78 is 0. The van der Waals surface area contributed by atoms with E-state index in [0.717, 1.165) is 18.7 Å². The van der Waals surface area contributed by atoms with Crippen molar-refractivity contribution in [2.45, 2.75) is 18.6 Å². The van der Waals surface area contributed by atoms with Crippen LogP contribution in [0.5, 0.6) is 0 Å². The van der Waals surface area contributed by atoms with Gasteiger partial charge in [-0.05, 0) is 25.1 Å². The van der Waals surface area contributed by atoms with E-state index in [1.54, 1.807) is 0 Å². The van der Waals surface area contributed by atoms with Gasteiger partial charge in [0.05, 0.1) is 18.7 Å². The average molecular weight is 263 g/mol. The Morgan fingerprint density at radius 1 is 1.47 bits per heavy atom. The van der Waals surface area contributed by atoms with E-state index >= 15 is 0 Å². The fourth-order valence-electron chi connectivity index (χ4n) is 2.25. The molecule has 1 fully saturated rings. The summed E-state index contributed by atoms with van der Waals surface area (Å²) in [6.07, 6.45) is 0.266. The van der Waals surface area contributed by atoms with Crippen molar-refractivity contribution in [1.29, 1.82) is 0 Å². The number of hydrogen-bond donors (Lipinski definition) is 3. The van der Waals surface area contributed by atoms with Crippen LogP contribution in [0.2, 0.25) is 0 Å². The molecule has 0 radical (unpaired) electrons. The Morgan fingerprint density at radius 2 is 2.21 bits per heavy atom. The van der Waals surface area contributed by atoms with Gasteiger partial charge in [-0.25, -0.2) is 0 Å². The fourth-order valence-corrected chi connectivity index (χ4v) is 2.25. The van der Waals surface area contributed by atoms with Gasteiger partial charge in [0.15, 0.2) is 0 Å². The molecule has 0 unspecified atom stereocenters. The lowest BCUT2D eigenvalue weighted by atomic mass is 10.0. The molecule has 1 aromatic rings. The number of piperidine rings is 1. The Balaban J connectivity index is 1.84. The molecule has 3 N–H and O–H groups in total. The summed E-state index contributed by atoms with van der Waals surface area (Å²) in [5.41, 5.74) is 1.00. The van der Waals surface area contributed by atoms with Crippen LogP contribution < -0.4 is 15.5 Å². The van der Waals surface area contributed by atoms with Crippen molar-refractivity contribution < 1.29 is 9.90 Å². The summed E-state index contributed by atoms with van der Waals surface area (Å²) >= 11 is 0. The third-order valence-electron chi connectivity index (χ3n) is 3.37. The van der Waals surface area contributed by atoms with Gasteiger partial charge in [0.1, 0.15) is 0 Å². The number of β-amino-alcohol motifs (C(OH)–C–C–N with tert-alkyl or cyclic N) is 1. The van der Waals surface area contributed by atoms with Crippen LogP contribution >= 0.6 is 0 Å². The van der Waals surface area contributed by atoms with E-state index in [0.29, 0.717) is 13.1 Å². The third kappa shape index (κ3) is 3.94. The minimum atomic E-state index is -0.500. The molecule has 0 aromatic heterocycles. The van der Waals surface area contributed by atoms with Crippen LogP contribution in [-0.2, 0) is 4.79 Å². The van der Waals surface area contributed by atoms with Gasteiger partial charge in [-0.2, -0.15) is 0 Å². The van der Waals surface area contributed by atoms with Gasteiger partial charge < -0.3 is 20.6 Å². The Hall–Kier alpha value is -1.59. The molecule has 0 bridgehead atoms. The van der Waals surface area contributed by atoms with Gasteiger partial charge in [-0.3, -0.25) is 4.79 Å². The predicted octanol–water partition coefficient (Wildman–Crippen LogP) is -0.0382. The van der Waals surface area contributed by atoms with Crippen LogP contribution in [0.15, 0.2) is 30.3 Å². The molecular weight excluding hydrogens is 242 g/mol. The molecule has 0 aliphatic carbocycles. The van der Waals surface area contributed by atoms with Crippen LogP contribution in [0.3, 0.4) is 0 Å². The quantitative estimate of drug-likeness (QED) is 0.713. The number of carbonyl (C=O) groups excluding carboxylic acids is 1. The van der Waals surface area contributed by atoms with Crippen molar-refractivity contribution in [3.8, 4) is 0 Å². The number of hydrogen-bond acceptors (Lipinski definition) is 4. The molecule has 1 aliphatic heterocycles. The standard InChI is InChI=1S/C14H21N3O2/c1-17(11-5-3-2-4-6-11)10-14(19)16-12-7-8-15-9-13(12)18/h2-6,12-13,15,18H,7-10H2,1H3,(H,16,19)/t12-,13-/m1/s1. The van der Waals surface area contributed by atoms with Gasteiger partial charge in [-0.15, -0.1) is 0 Å². The number of benzene rings is 1. The van der Waals surface area contributed by atoms with Crippen molar-refractivity contribution in [3.63, 3.8) is 0 Å². The molecule has 0 saturated carbocycles. The van der Waals surface area contributed by atoms with Gasteiger partial charge in [0.2, 0.25) is 5.91 Å². The lowest BCUT2D eigenvalue weighted by Gasteiger charge is -2.30. The number of anilines is 1. The van der Waals surface area contributed by atoms with Crippen molar-refractivity contribution in [3.05, 3.63) is 30.3 Å². The minimum absolute atomic E-state index is 0.0581. The number of rotatable bonds is 4. The molecule has 0 spiro atoms. The maximum Gasteiger partial charge on any atom is 0.239 e. The van der Waals surface area contributed by atoms with Crippen LogP contribution in [-0.4, -0.2) is 49.8 Å². The number of carbonyl (C=O) groups is 1. The van der Waals surface area contributed by atoms with Crippen LogP contribution in [0.4, 0.5) is 5.69 Å². The number of amides is 1. The highest BCUT2D eigenvalue weighted by molar-refractivity contribution is 5.81. The fraction of sp³-hybridized carbons (Fsp3) is 0.500. The first-order valence-corrected chi connectivity index (χ1v) is 6.61. The number of likely N-dealkylation sites (N-methyl/N-ethyl adjacent to an activating group) is 1. The van der Waals surface area contributed by atoms with Crippen molar-refractivity contribution in [2.24, 2.45) is 0 Å². The lowest BCUT2D eigenvalue weighted by molar-refractivity contribution is -0.121. The second kappa shape index (κ2) is 6.54. The minimum Gasteiger partial charge on any atom is -0.390 e. The average Bonchev–Trinajstić information content (AvgIpc) is 2.42. The summed E-state index contributed by atoms with van der Waals surface area (Å²) in [5, 5.41) is 15.8. The molecular formula is C14H21N3O2. The number of para-hydroxylation sites is 1. The number of nitrogens with zero attached hydrogens (tertiary/aromatic N) is 1. The van der Waals surface area contributed by atoms with Gasteiger partial charge in [-0.1, -0.05) is 18.2 Å². The molecule has 2 rings (SSSR count). The molecule has 19 heavy (non-hydrogen) atoms. The lowest BCUT2D eigenvalue weighted by Crippen LogP contribution is -2.54. The highest BCUT2D eigenvalue weighted by Gasteiger charge is 2.24. The van der Waals surface area contributed by atoms with Crippen LogP contribution in [0.1, 0.15) is 6.42 Å². The van der Waals surface area contributed by atoms with E-state index in [1.807, 2.05) is 42.3 Å². The Labute approximate surface area is 113 Å². The Morgan fingerprint density at radius 3 is 2.89 bits per heavy atom. The molecule has 1 saturated heterocycles. The van der Waals surface area contributed by atoms with Gasteiger partial charge in [0.25, 0.3) is 0 Å². The SMILES string of the molecule is CN(CC(=O)N[C@@H]1CCNC[C@H]1O)c1ccccc1. The normalized spacial score (nSPS) is 22.8. The molecule has 5 nitrogen and oxygen atoms in total. The van der Waals surface area contributed by atoms with E-state index in [4.69, 9.17) is 0 Å². The first kappa shape index (κ1) is 13.8. The molecule has 1 amide bonds. The molecule has 5 heteroatoms. The Bertz CT molecular complexity index is 410. The van der Waals surface area contributed by atoms with E-state index in [9.17, 15) is 9.90 Å². The molecule has 1 heterocycles. The van der Waals surface area contributed by atoms with Crippen LogP contribution in [0.25, 0.3) is 0 Å². The first-order valence-electron chi connectivity index (χ1n) is 6.61. The van der Waals surface area contributed by atoms with Crippen molar-refractivity contribution in [2.75, 3.05) is 31.6 Å². The van der Waals surface area contributed by atoms with Crippen LogP contribution in [0, 0.1) is 0 Å². The van der Waals surface area contributed by atoms with Gasteiger partial charge >= 0.3 is 0 Å². The van der Waals surface area contributed by atoms with E-state index < -0.39 is 6.10 Å². The number of nitrogens with one attached hydrogen (secondary N) is 2. The highest BCUT2D eigenvalue weighted by atomic mass is 16.3. The summed E-state index contributed by atoms with van der Waals surface area (Å²) in [7, 11) is 1.88. The van der Waals surface area contributed by atoms with Crippen molar-refractivity contribution in [1.82, 2.24) is 10.6 Å². The van der Waals surface area contributed by atoms with Crippen molar-refractivity contribution >= 4 is 11.6 Å². The zero-order chi connectivity index (χ0) is 13.7.